The van der Waals surface area contributed by atoms with E-state index in [0.717, 1.165) is 36.0 Å². The van der Waals surface area contributed by atoms with Crippen LogP contribution in [-0.4, -0.2) is 11.9 Å². The fourth-order valence-electron chi connectivity index (χ4n) is 3.44. The highest BCUT2D eigenvalue weighted by Crippen LogP contribution is 2.30. The molecule has 0 fully saturated rings. The summed E-state index contributed by atoms with van der Waals surface area (Å²) in [7, 11) is -1.57. The highest BCUT2D eigenvalue weighted by atomic mass is 31.1. The molecule has 0 amide bonds. The molecule has 0 aliphatic heterocycles. The summed E-state index contributed by atoms with van der Waals surface area (Å²) in [5.74, 6) is 0.447. The van der Waals surface area contributed by atoms with E-state index in [1.165, 1.54) is 6.42 Å². The molecule has 0 aliphatic carbocycles. The van der Waals surface area contributed by atoms with Crippen LogP contribution in [0.1, 0.15) is 66.6 Å². The molecule has 0 aromatic heterocycles. The van der Waals surface area contributed by atoms with Gasteiger partial charge in [0.2, 0.25) is 5.30 Å². The molecule has 2 atom stereocenters. The third-order valence-electron chi connectivity index (χ3n) is 5.09. The van der Waals surface area contributed by atoms with Gasteiger partial charge in [-0.1, -0.05) is 61.6 Å². The number of unbranched alkanes of at least 4 members (excludes halogenated alkanes) is 1. The highest BCUT2D eigenvalue weighted by Gasteiger charge is 2.30. The summed E-state index contributed by atoms with van der Waals surface area (Å²) in [4.78, 5) is 13.2. The first kappa shape index (κ1) is 20.5. The SMILES string of the molecule is CCCCC(CC)C[P+](=O)c1ccccc1C(=O)c1c(C)cccc1C. The third-order valence-corrected chi connectivity index (χ3v) is 6.87. The molecule has 2 nitrogen and oxygen atoms in total. The van der Waals surface area contributed by atoms with Crippen molar-refractivity contribution in [3.05, 3.63) is 64.7 Å². The zero-order valence-electron chi connectivity index (χ0n) is 16.4. The van der Waals surface area contributed by atoms with Gasteiger partial charge < -0.3 is 0 Å². The molecular formula is C23H30O2P+. The quantitative estimate of drug-likeness (QED) is 0.389. The van der Waals surface area contributed by atoms with Gasteiger partial charge in [-0.3, -0.25) is 4.79 Å². The van der Waals surface area contributed by atoms with Gasteiger partial charge in [-0.15, -0.1) is 0 Å². The predicted molar refractivity (Wildman–Crippen MR) is 111 cm³/mol. The van der Waals surface area contributed by atoms with E-state index in [9.17, 15) is 9.36 Å². The second kappa shape index (κ2) is 9.78. The lowest BCUT2D eigenvalue weighted by Crippen LogP contribution is -2.17. The van der Waals surface area contributed by atoms with Crippen molar-refractivity contribution in [2.45, 2.75) is 53.4 Å². The monoisotopic (exact) mass is 369 g/mol. The van der Waals surface area contributed by atoms with Crippen LogP contribution in [0.15, 0.2) is 42.5 Å². The maximum atomic E-state index is 13.2. The number of hydrogen-bond donors (Lipinski definition) is 0. The smallest absolute Gasteiger partial charge is 0.288 e. The molecule has 26 heavy (non-hydrogen) atoms. The highest BCUT2D eigenvalue weighted by molar-refractivity contribution is 7.53. The van der Waals surface area contributed by atoms with Crippen LogP contribution in [0.25, 0.3) is 0 Å². The lowest BCUT2D eigenvalue weighted by Gasteiger charge is -2.10. The number of carbonyl (C=O) groups is 1. The maximum Gasteiger partial charge on any atom is 0.377 e. The molecule has 0 spiro atoms. The lowest BCUT2D eigenvalue weighted by molar-refractivity contribution is 0.103. The van der Waals surface area contributed by atoms with Crippen LogP contribution >= 0.6 is 7.80 Å². The molecule has 0 saturated heterocycles. The molecule has 0 heterocycles. The topological polar surface area (TPSA) is 34.1 Å². The molecule has 2 unspecified atom stereocenters. The Hall–Kier alpha value is -1.79. The standard InChI is InChI=1S/C23H30O2P/c1-5-7-13-19(6-2)16-26(25)21-15-9-8-14-20(21)23(24)22-17(3)11-10-12-18(22)4/h8-12,14-15,19H,5-7,13,16H2,1-4H3/q+1. The fraction of sp³-hybridized carbons (Fsp3) is 0.435. The average molecular weight is 369 g/mol. The molecule has 138 valence electrons. The van der Waals surface area contributed by atoms with Gasteiger partial charge >= 0.3 is 7.80 Å². The minimum atomic E-state index is -1.57. The number of benzene rings is 2. The van der Waals surface area contributed by atoms with Crippen LogP contribution < -0.4 is 5.30 Å². The third kappa shape index (κ3) is 4.89. The predicted octanol–water partition coefficient (Wildman–Crippen LogP) is 6.20. The van der Waals surface area contributed by atoms with Crippen LogP contribution in [0.5, 0.6) is 0 Å². The van der Waals surface area contributed by atoms with Crippen LogP contribution in [0.2, 0.25) is 0 Å². The average Bonchev–Trinajstić information content (AvgIpc) is 2.64. The lowest BCUT2D eigenvalue weighted by atomic mass is 9.95. The summed E-state index contributed by atoms with van der Waals surface area (Å²) in [5.41, 5.74) is 3.27. The van der Waals surface area contributed by atoms with Gasteiger partial charge in [0, 0.05) is 11.5 Å². The van der Waals surface area contributed by atoms with E-state index < -0.39 is 7.80 Å². The van der Waals surface area contributed by atoms with Crippen molar-refractivity contribution in [1.82, 2.24) is 0 Å². The molecular weight excluding hydrogens is 339 g/mol. The van der Waals surface area contributed by atoms with Crippen LogP contribution in [0.4, 0.5) is 0 Å². The molecule has 2 aromatic carbocycles. The van der Waals surface area contributed by atoms with E-state index in [4.69, 9.17) is 0 Å². The summed E-state index contributed by atoms with van der Waals surface area (Å²) in [6.07, 6.45) is 5.15. The Morgan fingerprint density at radius 3 is 2.27 bits per heavy atom. The second-order valence-corrected chi connectivity index (χ2v) is 8.69. The van der Waals surface area contributed by atoms with Crippen LogP contribution in [0.3, 0.4) is 0 Å². The zero-order valence-corrected chi connectivity index (χ0v) is 17.3. The molecule has 0 N–H and O–H groups in total. The van der Waals surface area contributed by atoms with Crippen LogP contribution in [0, 0.1) is 19.8 Å². The Balaban J connectivity index is 2.32. The first-order chi connectivity index (χ1) is 12.5. The zero-order chi connectivity index (χ0) is 19.1. The van der Waals surface area contributed by atoms with Gasteiger partial charge in [-0.25, -0.2) is 0 Å². The Labute approximate surface area is 158 Å². The van der Waals surface area contributed by atoms with Gasteiger partial charge in [0.15, 0.2) is 11.9 Å². The minimum Gasteiger partial charge on any atom is -0.288 e. The Morgan fingerprint density at radius 2 is 1.65 bits per heavy atom. The summed E-state index contributed by atoms with van der Waals surface area (Å²) in [6, 6.07) is 13.3. The van der Waals surface area contributed by atoms with E-state index in [2.05, 4.69) is 13.8 Å². The summed E-state index contributed by atoms with van der Waals surface area (Å²) in [6.45, 7) is 8.27. The first-order valence-electron chi connectivity index (χ1n) is 9.64. The number of aryl methyl sites for hydroxylation is 2. The van der Waals surface area contributed by atoms with Crippen molar-refractivity contribution in [2.75, 3.05) is 6.16 Å². The van der Waals surface area contributed by atoms with E-state index >= 15 is 0 Å². The maximum absolute atomic E-state index is 13.2. The van der Waals surface area contributed by atoms with E-state index in [1.54, 1.807) is 0 Å². The van der Waals surface area contributed by atoms with Gasteiger partial charge in [0.05, 0.1) is 5.56 Å². The van der Waals surface area contributed by atoms with E-state index in [1.807, 2.05) is 56.3 Å². The summed E-state index contributed by atoms with van der Waals surface area (Å²) < 4.78 is 13.1. The number of hydrogen-bond acceptors (Lipinski definition) is 2. The van der Waals surface area contributed by atoms with Gasteiger partial charge in [-0.2, -0.15) is 0 Å². The van der Waals surface area contributed by atoms with Crippen LogP contribution in [-0.2, 0) is 4.57 Å². The van der Waals surface area contributed by atoms with Crippen molar-refractivity contribution in [3.63, 3.8) is 0 Å². The molecule has 3 heteroatoms. The number of ketones is 1. The normalized spacial score (nSPS) is 12.7. The van der Waals surface area contributed by atoms with Crippen molar-refractivity contribution >= 4 is 18.9 Å². The number of carbonyl (C=O) groups excluding carboxylic acids is 1. The molecule has 0 aliphatic rings. The molecule has 2 aromatic rings. The fourth-order valence-corrected chi connectivity index (χ4v) is 5.24. The van der Waals surface area contributed by atoms with E-state index in [-0.39, 0.29) is 5.78 Å². The van der Waals surface area contributed by atoms with Gasteiger partial charge in [0.1, 0.15) is 0 Å². The van der Waals surface area contributed by atoms with Crippen molar-refractivity contribution in [3.8, 4) is 0 Å². The molecule has 2 rings (SSSR count). The minimum absolute atomic E-state index is 0.0128. The Kier molecular flexibility index (Phi) is 7.72. The Bertz CT molecular complexity index is 759. The van der Waals surface area contributed by atoms with Gasteiger partial charge in [-0.05, 0) is 49.9 Å². The Morgan fingerprint density at radius 1 is 1.00 bits per heavy atom. The van der Waals surface area contributed by atoms with Crippen molar-refractivity contribution in [1.29, 1.82) is 0 Å². The summed E-state index contributed by atoms with van der Waals surface area (Å²) >= 11 is 0. The number of rotatable bonds is 9. The molecule has 0 bridgehead atoms. The molecule has 0 radical (unpaired) electrons. The first-order valence-corrected chi connectivity index (χ1v) is 11.1. The van der Waals surface area contributed by atoms with Crippen molar-refractivity contribution < 1.29 is 9.36 Å². The largest absolute Gasteiger partial charge is 0.377 e. The molecule has 0 saturated carbocycles. The van der Waals surface area contributed by atoms with E-state index in [0.29, 0.717) is 22.9 Å². The van der Waals surface area contributed by atoms with Crippen molar-refractivity contribution in [2.24, 2.45) is 5.92 Å². The second-order valence-electron chi connectivity index (χ2n) is 7.09. The van der Waals surface area contributed by atoms with Gasteiger partial charge in [0.25, 0.3) is 0 Å². The summed E-state index contributed by atoms with van der Waals surface area (Å²) in [5, 5.41) is 0.713.